The Morgan fingerprint density at radius 3 is 2.62 bits per heavy atom. The van der Waals surface area contributed by atoms with Crippen molar-refractivity contribution in [3.05, 3.63) is 12.4 Å². The van der Waals surface area contributed by atoms with E-state index < -0.39 is 10.0 Å². The molecule has 24 heavy (non-hydrogen) atoms. The number of aromatic nitrogens is 2. The molecule has 1 saturated carbocycles. The zero-order valence-corrected chi connectivity index (χ0v) is 14.9. The van der Waals surface area contributed by atoms with Crippen LogP contribution in [0.25, 0.3) is 0 Å². The van der Waals surface area contributed by atoms with Gasteiger partial charge in [-0.05, 0) is 26.3 Å². The highest BCUT2D eigenvalue weighted by atomic mass is 32.2. The van der Waals surface area contributed by atoms with Crippen LogP contribution in [-0.4, -0.2) is 77.3 Å². The molecule has 3 aliphatic rings. The highest BCUT2D eigenvalue weighted by Gasteiger charge is 2.52. The molecule has 1 aromatic heterocycles. The molecular formula is C15H23N5O3S. The number of aryl methyl sites for hydroxylation is 1. The monoisotopic (exact) mass is 353 g/mol. The van der Waals surface area contributed by atoms with Crippen LogP contribution < -0.4 is 4.90 Å². The van der Waals surface area contributed by atoms with E-state index in [1.165, 1.54) is 0 Å². The van der Waals surface area contributed by atoms with Gasteiger partial charge in [-0.1, -0.05) is 0 Å². The average molecular weight is 353 g/mol. The van der Waals surface area contributed by atoms with Crippen molar-refractivity contribution in [1.82, 2.24) is 19.0 Å². The second-order valence-corrected chi connectivity index (χ2v) is 9.47. The van der Waals surface area contributed by atoms with E-state index in [1.807, 2.05) is 25.2 Å². The summed E-state index contributed by atoms with van der Waals surface area (Å²) in [6.07, 6.45) is 5.82. The van der Waals surface area contributed by atoms with Gasteiger partial charge in [0.2, 0.25) is 15.9 Å². The van der Waals surface area contributed by atoms with Crippen LogP contribution in [0.2, 0.25) is 0 Å². The third kappa shape index (κ3) is 2.46. The van der Waals surface area contributed by atoms with Gasteiger partial charge in [0.15, 0.2) is 0 Å². The molecule has 2 saturated heterocycles. The van der Waals surface area contributed by atoms with Gasteiger partial charge in [0.05, 0.1) is 29.2 Å². The van der Waals surface area contributed by atoms with E-state index in [-0.39, 0.29) is 16.7 Å². The molecule has 1 aromatic rings. The normalized spacial score (nSPS) is 29.8. The Kier molecular flexibility index (Phi) is 3.52. The number of carbonyl (C=O) groups is 1. The minimum Gasteiger partial charge on any atom is -0.306 e. The first kappa shape index (κ1) is 16.0. The average Bonchev–Trinajstić information content (AvgIpc) is 3.17. The Morgan fingerprint density at radius 2 is 2.00 bits per heavy atom. The predicted molar refractivity (Wildman–Crippen MR) is 89.1 cm³/mol. The van der Waals surface area contributed by atoms with Gasteiger partial charge < -0.3 is 4.90 Å². The number of likely N-dealkylation sites (N-methyl/N-ethyl adjacent to an activating group) is 1. The molecule has 3 fully saturated rings. The standard InChI is InChI=1S/C15H23N5O3S/c1-17-9-14(21)20(12-7-16-18(2)8-12)11-15(17)5-6-19(10-15)24(22,23)13-3-4-13/h7-8,13H,3-6,9-11H2,1-2H3/t15-/m0/s1. The number of nitrogens with zero attached hydrogens (tertiary/aromatic N) is 5. The molecule has 0 bridgehead atoms. The molecule has 1 spiro atoms. The van der Waals surface area contributed by atoms with Gasteiger partial charge in [0.25, 0.3) is 0 Å². The van der Waals surface area contributed by atoms with E-state index in [4.69, 9.17) is 0 Å². The largest absolute Gasteiger partial charge is 0.306 e. The Hall–Kier alpha value is -1.45. The maximum atomic E-state index is 12.6. The molecule has 9 heteroatoms. The summed E-state index contributed by atoms with van der Waals surface area (Å²) in [7, 11) is 0.572. The van der Waals surface area contributed by atoms with Crippen LogP contribution in [0.15, 0.2) is 12.4 Å². The Morgan fingerprint density at radius 1 is 1.25 bits per heavy atom. The molecule has 1 aliphatic carbocycles. The SMILES string of the molecule is CN1CC(=O)N(c2cnn(C)c2)C[C@@]12CCN(S(=O)(=O)C1CC1)C2. The number of hydrogen-bond donors (Lipinski definition) is 0. The van der Waals surface area contributed by atoms with Gasteiger partial charge in [-0.15, -0.1) is 0 Å². The van der Waals surface area contributed by atoms with Crippen LogP contribution in [0, 0.1) is 0 Å². The first-order valence-corrected chi connectivity index (χ1v) is 9.81. The second-order valence-electron chi connectivity index (χ2n) is 7.26. The predicted octanol–water partition coefficient (Wildman–Crippen LogP) is -0.365. The first-order chi connectivity index (χ1) is 11.3. The maximum Gasteiger partial charge on any atom is 0.241 e. The molecule has 0 aromatic carbocycles. The molecular weight excluding hydrogens is 330 g/mol. The number of sulfonamides is 1. The lowest BCUT2D eigenvalue weighted by Crippen LogP contribution is -2.64. The number of piperazine rings is 1. The summed E-state index contributed by atoms with van der Waals surface area (Å²) < 4.78 is 28.4. The molecule has 0 radical (unpaired) electrons. The smallest absolute Gasteiger partial charge is 0.241 e. The van der Waals surface area contributed by atoms with E-state index in [2.05, 4.69) is 5.10 Å². The van der Waals surface area contributed by atoms with Crippen LogP contribution in [-0.2, 0) is 21.9 Å². The van der Waals surface area contributed by atoms with Crippen LogP contribution in [0.3, 0.4) is 0 Å². The number of rotatable bonds is 3. The van der Waals surface area contributed by atoms with E-state index >= 15 is 0 Å². The van der Waals surface area contributed by atoms with Gasteiger partial charge >= 0.3 is 0 Å². The molecule has 132 valence electrons. The van der Waals surface area contributed by atoms with Crippen molar-refractivity contribution in [2.24, 2.45) is 7.05 Å². The lowest BCUT2D eigenvalue weighted by atomic mass is 9.93. The fourth-order valence-electron chi connectivity index (χ4n) is 3.80. The van der Waals surface area contributed by atoms with Gasteiger partial charge in [0.1, 0.15) is 0 Å². The molecule has 0 N–H and O–H groups in total. The van der Waals surface area contributed by atoms with Gasteiger partial charge in [-0.3, -0.25) is 14.4 Å². The molecule has 1 amide bonds. The summed E-state index contributed by atoms with van der Waals surface area (Å²) in [6, 6.07) is 0. The quantitative estimate of drug-likeness (QED) is 0.741. The molecule has 0 unspecified atom stereocenters. The Labute approximate surface area is 142 Å². The van der Waals surface area contributed by atoms with Crippen molar-refractivity contribution in [1.29, 1.82) is 0 Å². The highest BCUT2D eigenvalue weighted by Crippen LogP contribution is 2.38. The molecule has 2 aliphatic heterocycles. The van der Waals surface area contributed by atoms with Gasteiger partial charge in [-0.25, -0.2) is 8.42 Å². The van der Waals surface area contributed by atoms with Crippen molar-refractivity contribution in [2.45, 2.75) is 30.1 Å². The number of hydrogen-bond acceptors (Lipinski definition) is 5. The van der Waals surface area contributed by atoms with Gasteiger partial charge in [0, 0.05) is 32.9 Å². The summed E-state index contributed by atoms with van der Waals surface area (Å²) in [5.74, 6) is 0.0274. The van der Waals surface area contributed by atoms with E-state index in [9.17, 15) is 13.2 Å². The van der Waals surface area contributed by atoms with Crippen molar-refractivity contribution in [3.8, 4) is 0 Å². The lowest BCUT2D eigenvalue weighted by molar-refractivity contribution is -0.123. The van der Waals surface area contributed by atoms with E-state index in [0.717, 1.165) is 24.9 Å². The second kappa shape index (κ2) is 5.27. The highest BCUT2D eigenvalue weighted by molar-refractivity contribution is 7.90. The van der Waals surface area contributed by atoms with Crippen LogP contribution in [0.5, 0.6) is 0 Å². The van der Waals surface area contributed by atoms with Crippen LogP contribution in [0.4, 0.5) is 5.69 Å². The fourth-order valence-corrected chi connectivity index (χ4v) is 5.72. The third-order valence-corrected chi connectivity index (χ3v) is 7.89. The molecule has 8 nitrogen and oxygen atoms in total. The maximum absolute atomic E-state index is 12.6. The lowest BCUT2D eigenvalue weighted by Gasteiger charge is -2.46. The molecule has 4 rings (SSSR count). The Bertz CT molecular complexity index is 772. The van der Waals surface area contributed by atoms with Gasteiger partial charge in [-0.2, -0.15) is 9.40 Å². The molecule has 1 atom stereocenters. The van der Waals surface area contributed by atoms with Crippen molar-refractivity contribution < 1.29 is 13.2 Å². The van der Waals surface area contributed by atoms with Crippen molar-refractivity contribution in [2.75, 3.05) is 38.1 Å². The summed E-state index contributed by atoms with van der Waals surface area (Å²) in [6.45, 7) is 1.81. The number of anilines is 1. The summed E-state index contributed by atoms with van der Waals surface area (Å²) in [5.41, 5.74) is 0.463. The van der Waals surface area contributed by atoms with Crippen LogP contribution >= 0.6 is 0 Å². The summed E-state index contributed by atoms with van der Waals surface area (Å²) in [4.78, 5) is 16.2. The first-order valence-electron chi connectivity index (χ1n) is 8.31. The zero-order valence-electron chi connectivity index (χ0n) is 14.1. The summed E-state index contributed by atoms with van der Waals surface area (Å²) >= 11 is 0. The molecule has 3 heterocycles. The Balaban J connectivity index is 1.59. The van der Waals surface area contributed by atoms with Crippen molar-refractivity contribution >= 4 is 21.6 Å². The summed E-state index contributed by atoms with van der Waals surface area (Å²) in [5, 5.41) is 3.97. The number of amides is 1. The fraction of sp³-hybridized carbons (Fsp3) is 0.733. The van der Waals surface area contributed by atoms with Crippen LogP contribution in [0.1, 0.15) is 19.3 Å². The van der Waals surface area contributed by atoms with Crippen molar-refractivity contribution in [3.63, 3.8) is 0 Å². The zero-order chi connectivity index (χ0) is 17.1. The van der Waals surface area contributed by atoms with E-state index in [1.54, 1.807) is 20.1 Å². The third-order valence-electron chi connectivity index (χ3n) is 5.54. The minimum absolute atomic E-state index is 0.0274. The topological polar surface area (TPSA) is 78.8 Å². The van der Waals surface area contributed by atoms with E-state index in [0.29, 0.717) is 26.2 Å². The number of carbonyl (C=O) groups excluding carboxylic acids is 1. The minimum atomic E-state index is -3.17.